The fourth-order valence-electron chi connectivity index (χ4n) is 5.20. The maximum Gasteiger partial charge on any atom is 0.226 e. The van der Waals surface area contributed by atoms with Crippen LogP contribution in [0.2, 0.25) is 0 Å². The normalized spacial score (nSPS) is 23.4. The Bertz CT molecular complexity index is 1270. The summed E-state index contributed by atoms with van der Waals surface area (Å²) in [5.74, 6) is -1.35. The number of benzene rings is 1. The first-order valence-corrected chi connectivity index (χ1v) is 12.0. The Morgan fingerprint density at radius 1 is 1.28 bits per heavy atom. The van der Waals surface area contributed by atoms with Crippen molar-refractivity contribution in [2.24, 2.45) is 11.8 Å². The molecule has 2 aliphatic carbocycles. The smallest absolute Gasteiger partial charge is 0.226 e. The summed E-state index contributed by atoms with van der Waals surface area (Å²) < 4.78 is 25.1. The van der Waals surface area contributed by atoms with Gasteiger partial charge in [0.05, 0.1) is 7.11 Å². The summed E-state index contributed by atoms with van der Waals surface area (Å²) in [4.78, 5) is 29.8. The van der Waals surface area contributed by atoms with Crippen molar-refractivity contribution in [1.29, 1.82) is 0 Å². The molecule has 1 aromatic carbocycles. The standard InChI is InChI=1S/C29H31FN2O4/c1-16-20(12-25(35-4)27(33)28(16)36-5)11-23-17(2)26(24-13-21(30)8-9-22(23)24)18(3)29(34)32-15-19-7-6-10-31-14-19/h6-14,16,18,26,28H,15H2,1-5H3,(H,32,34). The topological polar surface area (TPSA) is 77.5 Å². The van der Waals surface area contributed by atoms with E-state index in [1.807, 2.05) is 39.0 Å². The average molecular weight is 491 g/mol. The molecule has 1 aromatic heterocycles. The molecule has 4 unspecified atom stereocenters. The van der Waals surface area contributed by atoms with E-state index >= 15 is 0 Å². The van der Waals surface area contributed by atoms with Crippen molar-refractivity contribution in [3.05, 3.63) is 94.3 Å². The van der Waals surface area contributed by atoms with Gasteiger partial charge in [0.1, 0.15) is 11.9 Å². The number of halogens is 1. The van der Waals surface area contributed by atoms with E-state index in [4.69, 9.17) is 9.47 Å². The second-order valence-electron chi connectivity index (χ2n) is 9.34. The van der Waals surface area contributed by atoms with Gasteiger partial charge in [-0.2, -0.15) is 0 Å². The number of rotatable bonds is 7. The fraction of sp³-hybridized carbons (Fsp3) is 0.345. The predicted molar refractivity (Wildman–Crippen MR) is 135 cm³/mol. The minimum atomic E-state index is -0.654. The Morgan fingerprint density at radius 2 is 2.06 bits per heavy atom. The number of hydrogen-bond acceptors (Lipinski definition) is 5. The quantitative estimate of drug-likeness (QED) is 0.607. The highest BCUT2D eigenvalue weighted by molar-refractivity contribution is 6.00. The molecule has 0 spiro atoms. The van der Waals surface area contributed by atoms with Crippen LogP contribution in [0.5, 0.6) is 0 Å². The molecule has 0 radical (unpaired) electrons. The molecular formula is C29H31FN2O4. The first kappa shape index (κ1) is 25.5. The maximum absolute atomic E-state index is 14.4. The van der Waals surface area contributed by atoms with E-state index in [0.717, 1.165) is 33.4 Å². The molecule has 0 aliphatic heterocycles. The predicted octanol–water partition coefficient (Wildman–Crippen LogP) is 4.73. The van der Waals surface area contributed by atoms with Crippen LogP contribution < -0.4 is 5.32 Å². The summed E-state index contributed by atoms with van der Waals surface area (Å²) >= 11 is 0. The van der Waals surface area contributed by atoms with Crippen molar-refractivity contribution in [1.82, 2.24) is 10.3 Å². The Balaban J connectivity index is 1.71. The molecular weight excluding hydrogens is 459 g/mol. The maximum atomic E-state index is 14.4. The zero-order valence-corrected chi connectivity index (χ0v) is 21.2. The monoisotopic (exact) mass is 490 g/mol. The number of hydrogen-bond donors (Lipinski definition) is 1. The molecule has 6 nitrogen and oxygen atoms in total. The minimum absolute atomic E-state index is 0.120. The molecule has 4 rings (SSSR count). The molecule has 7 heteroatoms. The Morgan fingerprint density at radius 3 is 2.72 bits per heavy atom. The van der Waals surface area contributed by atoms with E-state index < -0.39 is 12.0 Å². The van der Waals surface area contributed by atoms with E-state index in [-0.39, 0.29) is 35.1 Å². The lowest BCUT2D eigenvalue weighted by molar-refractivity contribution is -0.130. The van der Waals surface area contributed by atoms with Crippen LogP contribution in [0.25, 0.3) is 5.57 Å². The van der Waals surface area contributed by atoms with Gasteiger partial charge >= 0.3 is 0 Å². The van der Waals surface area contributed by atoms with Gasteiger partial charge in [-0.25, -0.2) is 4.39 Å². The van der Waals surface area contributed by atoms with E-state index in [1.54, 1.807) is 24.5 Å². The number of aromatic nitrogens is 1. The Hall–Kier alpha value is -3.58. The van der Waals surface area contributed by atoms with Gasteiger partial charge < -0.3 is 14.8 Å². The largest absolute Gasteiger partial charge is 0.493 e. The van der Waals surface area contributed by atoms with Crippen molar-refractivity contribution >= 4 is 17.3 Å². The van der Waals surface area contributed by atoms with Crippen LogP contribution in [0, 0.1) is 17.7 Å². The first-order valence-electron chi connectivity index (χ1n) is 12.0. The number of ketones is 1. The van der Waals surface area contributed by atoms with Crippen LogP contribution in [0.15, 0.2) is 71.8 Å². The number of nitrogens with zero attached hydrogens (tertiary/aromatic N) is 1. The SMILES string of the molecule is COC1=CC(=CC2=C(C)C(C(C)C(=O)NCc3cccnc3)c3cc(F)ccc32)C(C)C(OC)C1=O. The van der Waals surface area contributed by atoms with Crippen molar-refractivity contribution in [2.45, 2.75) is 39.3 Å². The number of ether oxygens (including phenoxy) is 2. The van der Waals surface area contributed by atoms with Crippen LogP contribution in [0.3, 0.4) is 0 Å². The number of amides is 1. The second-order valence-corrected chi connectivity index (χ2v) is 9.34. The third-order valence-electron chi connectivity index (χ3n) is 7.20. The first-order chi connectivity index (χ1) is 17.3. The minimum Gasteiger partial charge on any atom is -0.493 e. The molecule has 0 saturated carbocycles. The molecule has 1 N–H and O–H groups in total. The van der Waals surface area contributed by atoms with Gasteiger partial charge in [-0.05, 0) is 59.0 Å². The molecule has 2 aromatic rings. The molecule has 188 valence electrons. The molecule has 1 heterocycles. The second kappa shape index (κ2) is 10.6. The molecule has 2 aliphatic rings. The highest BCUT2D eigenvalue weighted by Crippen LogP contribution is 2.47. The lowest BCUT2D eigenvalue weighted by Gasteiger charge is -2.28. The summed E-state index contributed by atoms with van der Waals surface area (Å²) in [6.07, 6.45) is 6.49. The van der Waals surface area contributed by atoms with E-state index in [0.29, 0.717) is 6.54 Å². The molecule has 0 fully saturated rings. The van der Waals surface area contributed by atoms with Gasteiger partial charge in [-0.15, -0.1) is 0 Å². The number of carbonyl (C=O) groups excluding carboxylic acids is 2. The van der Waals surface area contributed by atoms with Gasteiger partial charge in [-0.3, -0.25) is 14.6 Å². The Kier molecular flexibility index (Phi) is 7.50. The molecule has 36 heavy (non-hydrogen) atoms. The molecule has 0 bridgehead atoms. The van der Waals surface area contributed by atoms with Crippen molar-refractivity contribution in [3.63, 3.8) is 0 Å². The fourth-order valence-corrected chi connectivity index (χ4v) is 5.20. The lowest BCUT2D eigenvalue weighted by Crippen LogP contribution is -2.36. The van der Waals surface area contributed by atoms with Crippen LogP contribution in [-0.4, -0.2) is 37.0 Å². The van der Waals surface area contributed by atoms with Crippen LogP contribution in [0.1, 0.15) is 43.4 Å². The van der Waals surface area contributed by atoms with Crippen LogP contribution in [-0.2, 0) is 25.6 Å². The summed E-state index contributed by atoms with van der Waals surface area (Å²) in [5, 5.41) is 2.99. The highest BCUT2D eigenvalue weighted by Gasteiger charge is 2.38. The van der Waals surface area contributed by atoms with Gasteiger partial charge in [-0.1, -0.05) is 37.6 Å². The average Bonchev–Trinajstić information content (AvgIpc) is 3.14. The zero-order valence-electron chi connectivity index (χ0n) is 21.2. The van der Waals surface area contributed by atoms with Crippen LogP contribution >= 0.6 is 0 Å². The van der Waals surface area contributed by atoms with Crippen molar-refractivity contribution in [2.75, 3.05) is 14.2 Å². The number of pyridine rings is 1. The van der Waals surface area contributed by atoms with Crippen LogP contribution in [0.4, 0.5) is 4.39 Å². The number of carbonyl (C=O) groups is 2. The molecule has 4 atom stereocenters. The van der Waals surface area contributed by atoms with E-state index in [2.05, 4.69) is 10.3 Å². The van der Waals surface area contributed by atoms with Gasteiger partial charge in [0.2, 0.25) is 11.7 Å². The van der Waals surface area contributed by atoms with Crippen molar-refractivity contribution in [3.8, 4) is 0 Å². The number of fused-ring (bicyclic) bond motifs is 1. The lowest BCUT2D eigenvalue weighted by atomic mass is 9.83. The van der Waals surface area contributed by atoms with Gasteiger partial charge in [0, 0.05) is 43.8 Å². The summed E-state index contributed by atoms with van der Waals surface area (Å²) in [5.41, 5.74) is 5.32. The summed E-state index contributed by atoms with van der Waals surface area (Å²) in [6.45, 7) is 6.15. The molecule has 1 amide bonds. The van der Waals surface area contributed by atoms with Crippen molar-refractivity contribution < 1.29 is 23.5 Å². The third kappa shape index (κ3) is 4.75. The van der Waals surface area contributed by atoms with E-state index in [1.165, 1.54) is 26.4 Å². The molecule has 0 saturated heterocycles. The number of allylic oxidation sites excluding steroid dienone is 4. The Labute approximate surface area is 210 Å². The highest BCUT2D eigenvalue weighted by atomic mass is 19.1. The third-order valence-corrected chi connectivity index (χ3v) is 7.20. The van der Waals surface area contributed by atoms with E-state index in [9.17, 15) is 14.0 Å². The zero-order chi connectivity index (χ0) is 26.0. The summed E-state index contributed by atoms with van der Waals surface area (Å²) in [6, 6.07) is 8.43. The van der Waals surface area contributed by atoms with Gasteiger partial charge in [0.25, 0.3) is 0 Å². The number of nitrogens with one attached hydrogen (secondary N) is 1. The summed E-state index contributed by atoms with van der Waals surface area (Å²) in [7, 11) is 2.97. The number of methoxy groups -OCH3 is 2. The van der Waals surface area contributed by atoms with Gasteiger partial charge in [0.15, 0.2) is 5.76 Å². The number of Topliss-reactive ketones (excluding diaryl/α,β-unsaturated/α-hetero) is 1.